The van der Waals surface area contributed by atoms with Crippen LogP contribution in [0, 0.1) is 18.3 Å². The molecule has 0 radical (unpaired) electrons. The SMILES string of the molecule is Cc1cc(=O)[nH]c(N/N=C\c2cn(CCC#N)c3ccccc23)n1. The zero-order valence-electron chi connectivity index (χ0n) is 13.2. The zero-order chi connectivity index (χ0) is 16.9. The Morgan fingerprint density at radius 3 is 3.08 bits per heavy atom. The van der Waals surface area contributed by atoms with Crippen LogP contribution in [0.1, 0.15) is 17.7 Å². The van der Waals surface area contributed by atoms with Crippen LogP contribution in [-0.4, -0.2) is 20.7 Å². The minimum atomic E-state index is -0.228. The number of nitrogens with one attached hydrogen (secondary N) is 2. The van der Waals surface area contributed by atoms with Crippen molar-refractivity contribution in [2.24, 2.45) is 5.10 Å². The fourth-order valence-corrected chi connectivity index (χ4v) is 2.53. The third-order valence-corrected chi connectivity index (χ3v) is 3.53. The number of nitriles is 1. The van der Waals surface area contributed by atoms with Gasteiger partial charge in [0.15, 0.2) is 0 Å². The number of H-pyrrole nitrogens is 1. The van der Waals surface area contributed by atoms with E-state index in [9.17, 15) is 4.79 Å². The highest BCUT2D eigenvalue weighted by Gasteiger charge is 2.06. The number of anilines is 1. The van der Waals surface area contributed by atoms with Gasteiger partial charge >= 0.3 is 0 Å². The largest absolute Gasteiger partial charge is 0.346 e. The van der Waals surface area contributed by atoms with Crippen LogP contribution >= 0.6 is 0 Å². The van der Waals surface area contributed by atoms with Crippen LogP contribution < -0.4 is 11.0 Å². The molecule has 7 heteroatoms. The van der Waals surface area contributed by atoms with Crippen molar-refractivity contribution in [3.63, 3.8) is 0 Å². The molecule has 0 bridgehead atoms. The summed E-state index contributed by atoms with van der Waals surface area (Å²) in [5, 5.41) is 14.0. The number of benzene rings is 1. The molecule has 0 aliphatic heterocycles. The average molecular weight is 320 g/mol. The van der Waals surface area contributed by atoms with Gasteiger partial charge in [-0.2, -0.15) is 10.4 Å². The van der Waals surface area contributed by atoms with Crippen molar-refractivity contribution < 1.29 is 0 Å². The normalized spacial score (nSPS) is 11.0. The average Bonchev–Trinajstić information content (AvgIpc) is 2.90. The lowest BCUT2D eigenvalue weighted by Crippen LogP contribution is -2.10. The fraction of sp³-hybridized carbons (Fsp3) is 0.176. The number of nitrogens with zero attached hydrogens (tertiary/aromatic N) is 4. The standard InChI is InChI=1S/C17H16N6O/c1-12-9-16(24)21-17(20-12)22-19-10-13-11-23(8-4-7-18)15-6-3-2-5-14(13)15/h2-3,5-6,9-11H,4,8H2,1H3,(H2,20,21,22,24)/b19-10-. The first kappa shape index (κ1) is 15.5. The number of aryl methyl sites for hydroxylation is 2. The van der Waals surface area contributed by atoms with E-state index >= 15 is 0 Å². The number of para-hydroxylation sites is 1. The van der Waals surface area contributed by atoms with Gasteiger partial charge in [-0.3, -0.25) is 9.78 Å². The van der Waals surface area contributed by atoms with E-state index in [4.69, 9.17) is 5.26 Å². The number of aromatic amines is 1. The summed E-state index contributed by atoms with van der Waals surface area (Å²) in [6.07, 6.45) is 4.08. The Hall–Kier alpha value is -3.40. The molecule has 0 atom stereocenters. The Morgan fingerprint density at radius 1 is 1.46 bits per heavy atom. The Kier molecular flexibility index (Phi) is 4.38. The second-order valence-corrected chi connectivity index (χ2v) is 5.31. The van der Waals surface area contributed by atoms with Crippen LogP contribution in [0.5, 0.6) is 0 Å². The number of hydrogen-bond donors (Lipinski definition) is 2. The van der Waals surface area contributed by atoms with Gasteiger partial charge in [-0.1, -0.05) is 18.2 Å². The summed E-state index contributed by atoms with van der Waals surface area (Å²) in [5.41, 5.74) is 5.09. The number of fused-ring (bicyclic) bond motifs is 1. The van der Waals surface area contributed by atoms with E-state index in [1.54, 1.807) is 13.1 Å². The maximum absolute atomic E-state index is 11.4. The number of hydrogen-bond acceptors (Lipinski definition) is 5. The molecule has 3 aromatic rings. The van der Waals surface area contributed by atoms with E-state index in [0.717, 1.165) is 16.5 Å². The molecule has 1 aromatic carbocycles. The molecule has 0 fully saturated rings. The molecule has 2 heterocycles. The van der Waals surface area contributed by atoms with Gasteiger partial charge in [-0.05, 0) is 13.0 Å². The minimum Gasteiger partial charge on any atom is -0.346 e. The zero-order valence-corrected chi connectivity index (χ0v) is 13.2. The highest BCUT2D eigenvalue weighted by molar-refractivity contribution is 5.99. The van der Waals surface area contributed by atoms with Crippen molar-refractivity contribution >= 4 is 23.1 Å². The molecule has 0 saturated heterocycles. The first-order valence-corrected chi connectivity index (χ1v) is 7.49. The quantitative estimate of drug-likeness (QED) is 0.557. The van der Waals surface area contributed by atoms with Crippen LogP contribution in [0.2, 0.25) is 0 Å². The smallest absolute Gasteiger partial charge is 0.252 e. The molecule has 7 nitrogen and oxygen atoms in total. The van der Waals surface area contributed by atoms with Crippen molar-refractivity contribution in [1.29, 1.82) is 5.26 Å². The van der Waals surface area contributed by atoms with Crippen LogP contribution in [-0.2, 0) is 6.54 Å². The molecule has 0 unspecified atom stereocenters. The maximum Gasteiger partial charge on any atom is 0.252 e. The summed E-state index contributed by atoms with van der Waals surface area (Å²) < 4.78 is 2.03. The predicted octanol–water partition coefficient (Wildman–Crippen LogP) is 2.39. The number of hydrazone groups is 1. The number of aromatic nitrogens is 3. The fourth-order valence-electron chi connectivity index (χ4n) is 2.53. The molecule has 120 valence electrons. The number of rotatable bonds is 5. The summed E-state index contributed by atoms with van der Waals surface area (Å²) in [7, 11) is 0. The van der Waals surface area contributed by atoms with E-state index in [1.165, 1.54) is 6.07 Å². The van der Waals surface area contributed by atoms with Crippen LogP contribution in [0.4, 0.5) is 5.95 Å². The highest BCUT2D eigenvalue weighted by Crippen LogP contribution is 2.20. The lowest BCUT2D eigenvalue weighted by atomic mass is 10.2. The van der Waals surface area contributed by atoms with Crippen molar-refractivity contribution in [1.82, 2.24) is 14.5 Å². The van der Waals surface area contributed by atoms with Crippen LogP contribution in [0.3, 0.4) is 0 Å². The van der Waals surface area contributed by atoms with Crippen molar-refractivity contribution in [3.05, 3.63) is 58.1 Å². The van der Waals surface area contributed by atoms with E-state index in [1.807, 2.05) is 35.0 Å². The summed E-state index contributed by atoms with van der Waals surface area (Å²) in [4.78, 5) is 18.1. The van der Waals surface area contributed by atoms with Gasteiger partial charge in [0.25, 0.3) is 5.56 Å². The molecule has 2 aromatic heterocycles. The van der Waals surface area contributed by atoms with Gasteiger partial charge < -0.3 is 4.57 Å². The third kappa shape index (κ3) is 3.33. The molecular weight excluding hydrogens is 304 g/mol. The first-order chi connectivity index (χ1) is 11.7. The molecule has 2 N–H and O–H groups in total. The van der Waals surface area contributed by atoms with E-state index in [0.29, 0.717) is 24.6 Å². The van der Waals surface area contributed by atoms with Crippen molar-refractivity contribution in [2.45, 2.75) is 19.9 Å². The molecule has 0 aliphatic carbocycles. The van der Waals surface area contributed by atoms with Crippen molar-refractivity contribution in [2.75, 3.05) is 5.43 Å². The van der Waals surface area contributed by atoms with E-state index in [-0.39, 0.29) is 5.56 Å². The molecule has 0 saturated carbocycles. The first-order valence-electron chi connectivity index (χ1n) is 7.49. The second-order valence-electron chi connectivity index (χ2n) is 5.31. The highest BCUT2D eigenvalue weighted by atomic mass is 16.1. The predicted molar refractivity (Wildman–Crippen MR) is 93.0 cm³/mol. The van der Waals surface area contributed by atoms with Gasteiger partial charge in [0.2, 0.25) is 5.95 Å². The lowest BCUT2D eigenvalue weighted by Gasteiger charge is -2.00. The lowest BCUT2D eigenvalue weighted by molar-refractivity contribution is 0.744. The molecule has 24 heavy (non-hydrogen) atoms. The van der Waals surface area contributed by atoms with E-state index < -0.39 is 0 Å². The Balaban J connectivity index is 1.86. The van der Waals surface area contributed by atoms with Crippen LogP contribution in [0.25, 0.3) is 10.9 Å². The second kappa shape index (κ2) is 6.79. The van der Waals surface area contributed by atoms with E-state index in [2.05, 4.69) is 26.6 Å². The van der Waals surface area contributed by atoms with Gasteiger partial charge in [0, 0.05) is 41.0 Å². The van der Waals surface area contributed by atoms with Gasteiger partial charge in [-0.25, -0.2) is 10.4 Å². The molecule has 3 rings (SSSR count). The van der Waals surface area contributed by atoms with Gasteiger partial charge in [0.05, 0.1) is 18.7 Å². The van der Waals surface area contributed by atoms with Crippen molar-refractivity contribution in [3.8, 4) is 6.07 Å². The summed E-state index contributed by atoms with van der Waals surface area (Å²) >= 11 is 0. The molecule has 0 amide bonds. The Morgan fingerprint density at radius 2 is 2.29 bits per heavy atom. The summed E-state index contributed by atoms with van der Waals surface area (Å²) in [6, 6.07) is 11.5. The Bertz CT molecular complexity index is 992. The minimum absolute atomic E-state index is 0.228. The van der Waals surface area contributed by atoms with Crippen LogP contribution in [0.15, 0.2) is 46.4 Å². The van der Waals surface area contributed by atoms with Gasteiger partial charge in [0.1, 0.15) is 0 Å². The summed E-state index contributed by atoms with van der Waals surface area (Å²) in [5.74, 6) is 0.296. The van der Waals surface area contributed by atoms with Gasteiger partial charge in [-0.15, -0.1) is 0 Å². The molecular formula is C17H16N6O. The monoisotopic (exact) mass is 320 g/mol. The molecule has 0 spiro atoms. The third-order valence-electron chi connectivity index (χ3n) is 3.53. The Labute approximate surface area is 138 Å². The topological polar surface area (TPSA) is 98.9 Å². The molecule has 0 aliphatic rings. The summed E-state index contributed by atoms with van der Waals surface area (Å²) in [6.45, 7) is 2.37. The maximum atomic E-state index is 11.4.